The number of hydrogen-bond donors (Lipinski definition) is 1. The van der Waals surface area contributed by atoms with Crippen molar-refractivity contribution in [2.24, 2.45) is 4.99 Å². The molecule has 1 aliphatic heterocycles. The van der Waals surface area contributed by atoms with Crippen LogP contribution >= 0.6 is 0 Å². The van der Waals surface area contributed by atoms with Gasteiger partial charge in [0.05, 0.1) is 18.4 Å². The molecule has 1 aromatic heterocycles. The fraction of sp³-hybridized carbons (Fsp3) is 0.222. The van der Waals surface area contributed by atoms with E-state index in [1.807, 2.05) is 43.3 Å². The molecular formula is C18H18N2O3. The van der Waals surface area contributed by atoms with Gasteiger partial charge in [-0.2, -0.15) is 0 Å². The van der Waals surface area contributed by atoms with E-state index in [1.54, 1.807) is 19.3 Å². The third-order valence-corrected chi connectivity index (χ3v) is 3.61. The second-order valence-corrected chi connectivity index (χ2v) is 5.15. The van der Waals surface area contributed by atoms with Gasteiger partial charge in [0.15, 0.2) is 11.6 Å². The minimum atomic E-state index is -0.420. The van der Waals surface area contributed by atoms with E-state index in [0.717, 1.165) is 11.3 Å². The number of ether oxygens (including phenoxy) is 1. The maximum Gasteiger partial charge on any atom is 0.338 e. The van der Waals surface area contributed by atoms with Crippen LogP contribution in [0.5, 0.6) is 0 Å². The predicted molar refractivity (Wildman–Crippen MR) is 86.9 cm³/mol. The molecule has 2 aromatic rings. The summed E-state index contributed by atoms with van der Waals surface area (Å²) in [5.41, 5.74) is 2.17. The van der Waals surface area contributed by atoms with Gasteiger partial charge in [-0.15, -0.1) is 0 Å². The van der Waals surface area contributed by atoms with Gasteiger partial charge in [-0.1, -0.05) is 30.3 Å². The van der Waals surface area contributed by atoms with Gasteiger partial charge in [0.1, 0.15) is 6.04 Å². The smallest absolute Gasteiger partial charge is 0.338 e. The quantitative estimate of drug-likeness (QED) is 0.881. The van der Waals surface area contributed by atoms with E-state index in [1.165, 1.54) is 0 Å². The topological polar surface area (TPSA) is 63.8 Å². The number of furan rings is 1. The first-order chi connectivity index (χ1) is 11.2. The minimum Gasteiger partial charge on any atom is -0.463 e. The number of esters is 1. The zero-order chi connectivity index (χ0) is 16.2. The summed E-state index contributed by atoms with van der Waals surface area (Å²) in [7, 11) is 0. The van der Waals surface area contributed by atoms with Crippen LogP contribution in [0.1, 0.15) is 31.2 Å². The van der Waals surface area contributed by atoms with Crippen molar-refractivity contribution in [1.29, 1.82) is 0 Å². The Morgan fingerprint density at radius 2 is 2.04 bits per heavy atom. The molecule has 0 radical (unpaired) electrons. The van der Waals surface area contributed by atoms with Crippen LogP contribution in [-0.4, -0.2) is 18.4 Å². The SMILES string of the molecule is CCOC(=O)C1=C(C)NC(c2ccco2)=N[C@@H]1c1ccccc1. The summed E-state index contributed by atoms with van der Waals surface area (Å²) in [5.74, 6) is 0.885. The van der Waals surface area contributed by atoms with Gasteiger partial charge >= 0.3 is 5.97 Å². The van der Waals surface area contributed by atoms with Crippen LogP contribution in [0.15, 0.2) is 69.4 Å². The average molecular weight is 310 g/mol. The molecule has 0 unspecified atom stereocenters. The van der Waals surface area contributed by atoms with E-state index in [4.69, 9.17) is 9.15 Å². The van der Waals surface area contributed by atoms with Crippen molar-refractivity contribution >= 4 is 11.8 Å². The Morgan fingerprint density at radius 1 is 1.26 bits per heavy atom. The molecule has 1 aliphatic rings. The van der Waals surface area contributed by atoms with Gasteiger partial charge in [0.25, 0.3) is 0 Å². The monoisotopic (exact) mass is 310 g/mol. The number of carbonyl (C=O) groups is 1. The molecule has 0 spiro atoms. The minimum absolute atomic E-state index is 0.325. The third-order valence-electron chi connectivity index (χ3n) is 3.61. The van der Waals surface area contributed by atoms with E-state index in [2.05, 4.69) is 10.3 Å². The van der Waals surface area contributed by atoms with Gasteiger partial charge in [0.2, 0.25) is 0 Å². The Morgan fingerprint density at radius 3 is 2.70 bits per heavy atom. The lowest BCUT2D eigenvalue weighted by atomic mass is 9.96. The second kappa shape index (κ2) is 6.52. The van der Waals surface area contributed by atoms with Gasteiger partial charge in [0, 0.05) is 5.70 Å². The average Bonchev–Trinajstić information content (AvgIpc) is 3.09. The highest BCUT2D eigenvalue weighted by Crippen LogP contribution is 2.32. The second-order valence-electron chi connectivity index (χ2n) is 5.15. The molecule has 1 aromatic carbocycles. The molecule has 1 atom stereocenters. The highest BCUT2D eigenvalue weighted by Gasteiger charge is 2.31. The summed E-state index contributed by atoms with van der Waals surface area (Å²) in [5, 5.41) is 3.14. The lowest BCUT2D eigenvalue weighted by Crippen LogP contribution is -2.32. The Hall–Kier alpha value is -2.82. The highest BCUT2D eigenvalue weighted by atomic mass is 16.5. The van der Waals surface area contributed by atoms with Crippen LogP contribution in [0.3, 0.4) is 0 Å². The van der Waals surface area contributed by atoms with Crippen molar-refractivity contribution in [2.75, 3.05) is 6.61 Å². The number of aliphatic imine (C=N–C) groups is 1. The molecular weight excluding hydrogens is 292 g/mol. The molecule has 0 saturated heterocycles. The summed E-state index contributed by atoms with van der Waals surface area (Å²) in [6.45, 7) is 3.96. The summed E-state index contributed by atoms with van der Waals surface area (Å²) < 4.78 is 10.6. The molecule has 5 heteroatoms. The lowest BCUT2D eigenvalue weighted by molar-refractivity contribution is -0.138. The van der Waals surface area contributed by atoms with Crippen LogP contribution in [0.4, 0.5) is 0 Å². The van der Waals surface area contributed by atoms with Crippen molar-refractivity contribution < 1.29 is 13.9 Å². The molecule has 2 heterocycles. The van der Waals surface area contributed by atoms with E-state index < -0.39 is 6.04 Å². The molecule has 0 aliphatic carbocycles. The zero-order valence-corrected chi connectivity index (χ0v) is 13.1. The number of rotatable bonds is 4. The van der Waals surface area contributed by atoms with Crippen LogP contribution in [0.25, 0.3) is 0 Å². The van der Waals surface area contributed by atoms with Crippen molar-refractivity contribution in [3.8, 4) is 0 Å². The Labute approximate surface area is 134 Å². The van der Waals surface area contributed by atoms with Gasteiger partial charge in [-0.3, -0.25) is 4.99 Å². The van der Waals surface area contributed by atoms with E-state index >= 15 is 0 Å². The van der Waals surface area contributed by atoms with Crippen LogP contribution in [0, 0.1) is 0 Å². The van der Waals surface area contributed by atoms with Crippen LogP contribution in [-0.2, 0) is 9.53 Å². The summed E-state index contributed by atoms with van der Waals surface area (Å²) in [6.07, 6.45) is 1.59. The summed E-state index contributed by atoms with van der Waals surface area (Å²) in [4.78, 5) is 17.1. The fourth-order valence-corrected chi connectivity index (χ4v) is 2.56. The first-order valence-corrected chi connectivity index (χ1v) is 7.52. The van der Waals surface area contributed by atoms with Gasteiger partial charge in [-0.25, -0.2) is 4.79 Å². The van der Waals surface area contributed by atoms with Crippen LogP contribution < -0.4 is 5.32 Å². The van der Waals surface area contributed by atoms with Crippen LogP contribution in [0.2, 0.25) is 0 Å². The largest absolute Gasteiger partial charge is 0.463 e. The Balaban J connectivity index is 2.05. The molecule has 0 fully saturated rings. The highest BCUT2D eigenvalue weighted by molar-refractivity contribution is 6.02. The Kier molecular flexibility index (Phi) is 4.28. The number of carbonyl (C=O) groups excluding carboxylic acids is 1. The molecule has 23 heavy (non-hydrogen) atoms. The third kappa shape index (κ3) is 3.04. The fourth-order valence-electron chi connectivity index (χ4n) is 2.56. The first-order valence-electron chi connectivity index (χ1n) is 7.52. The maximum absolute atomic E-state index is 12.4. The molecule has 5 nitrogen and oxygen atoms in total. The van der Waals surface area contributed by atoms with Crippen molar-refractivity contribution in [1.82, 2.24) is 5.32 Å². The zero-order valence-electron chi connectivity index (χ0n) is 13.1. The van der Waals surface area contributed by atoms with Gasteiger partial charge < -0.3 is 14.5 Å². The first kappa shape index (κ1) is 15.1. The molecule has 0 amide bonds. The number of allylic oxidation sites excluding steroid dienone is 1. The van der Waals surface area contributed by atoms with E-state index in [0.29, 0.717) is 23.8 Å². The van der Waals surface area contributed by atoms with E-state index in [-0.39, 0.29) is 5.97 Å². The van der Waals surface area contributed by atoms with Crippen molar-refractivity contribution in [3.05, 3.63) is 71.3 Å². The summed E-state index contributed by atoms with van der Waals surface area (Å²) in [6, 6.07) is 12.9. The standard InChI is InChI=1S/C18H18N2O3/c1-3-22-18(21)15-12(2)19-17(14-10-7-11-23-14)20-16(15)13-8-5-4-6-9-13/h4-11,16H,3H2,1-2H3,(H,19,20)/t16-/m1/s1. The molecule has 118 valence electrons. The molecule has 0 saturated carbocycles. The lowest BCUT2D eigenvalue weighted by Gasteiger charge is -2.25. The number of nitrogens with one attached hydrogen (secondary N) is 1. The maximum atomic E-state index is 12.4. The van der Waals surface area contributed by atoms with E-state index in [9.17, 15) is 4.79 Å². The Bertz CT molecular complexity index is 746. The molecule has 3 rings (SSSR count). The molecule has 1 N–H and O–H groups in total. The van der Waals surface area contributed by atoms with Gasteiger partial charge in [-0.05, 0) is 31.5 Å². The number of hydrogen-bond acceptors (Lipinski definition) is 5. The predicted octanol–water partition coefficient (Wildman–Crippen LogP) is 3.21. The van der Waals surface area contributed by atoms with Crippen molar-refractivity contribution in [2.45, 2.75) is 19.9 Å². The summed E-state index contributed by atoms with van der Waals surface area (Å²) >= 11 is 0. The molecule has 0 bridgehead atoms. The number of amidine groups is 1. The number of nitrogens with zero attached hydrogens (tertiary/aromatic N) is 1. The normalized spacial score (nSPS) is 17.5. The number of benzene rings is 1. The van der Waals surface area contributed by atoms with Crippen molar-refractivity contribution in [3.63, 3.8) is 0 Å².